The Morgan fingerprint density at radius 1 is 1.06 bits per heavy atom. The molecule has 2 aromatic carbocycles. The molecule has 4 heterocycles. The number of fused-ring (bicyclic) bond motifs is 2. The van der Waals surface area contributed by atoms with Crippen LogP contribution in [0.4, 0.5) is 0 Å². The molecule has 178 valence electrons. The number of H-pyrrole nitrogens is 2. The highest BCUT2D eigenvalue weighted by Crippen LogP contribution is 2.48. The van der Waals surface area contributed by atoms with Crippen molar-refractivity contribution in [3.63, 3.8) is 0 Å². The van der Waals surface area contributed by atoms with Crippen LogP contribution in [0.2, 0.25) is 6.55 Å². The molecule has 35 heavy (non-hydrogen) atoms. The highest BCUT2D eigenvalue weighted by Gasteiger charge is 2.42. The molecule has 2 aliphatic rings. The lowest BCUT2D eigenvalue weighted by Crippen LogP contribution is -2.32. The van der Waals surface area contributed by atoms with Gasteiger partial charge in [0.05, 0.1) is 34.0 Å². The standard InChI is InChI=1S/C27H31N7Si/c1-35-21-11-22(23-13-28-30-25(23)12-21)26-16-34(32-31-26)14-18-3-4-19-10-20(29-24(19)9-18)15-33-8-7-27(17-33)5-2-6-27/h3-4,9-13,16,29H,2,5-8,14-15,17,35H2,1H3,(H,28,30). The molecular formula is C27H31N7Si. The molecule has 3 aromatic heterocycles. The van der Waals surface area contributed by atoms with Crippen LogP contribution in [-0.4, -0.2) is 57.7 Å². The molecule has 0 amide bonds. The highest BCUT2D eigenvalue weighted by atomic mass is 28.2. The number of benzene rings is 2. The summed E-state index contributed by atoms with van der Waals surface area (Å²) in [6.07, 6.45) is 9.61. The van der Waals surface area contributed by atoms with Crippen molar-refractivity contribution in [2.45, 2.75) is 45.3 Å². The third kappa shape index (κ3) is 3.81. The summed E-state index contributed by atoms with van der Waals surface area (Å²) in [5.74, 6) is 0. The zero-order valence-electron chi connectivity index (χ0n) is 20.2. The summed E-state index contributed by atoms with van der Waals surface area (Å²) in [5, 5.41) is 20.1. The predicted molar refractivity (Wildman–Crippen MR) is 143 cm³/mol. The van der Waals surface area contributed by atoms with Gasteiger partial charge in [-0.1, -0.05) is 41.6 Å². The molecule has 2 N–H and O–H groups in total. The van der Waals surface area contributed by atoms with Crippen LogP contribution in [0.15, 0.2) is 48.8 Å². The minimum atomic E-state index is -0.281. The van der Waals surface area contributed by atoms with Gasteiger partial charge in [0.15, 0.2) is 0 Å². The van der Waals surface area contributed by atoms with E-state index in [0.29, 0.717) is 12.0 Å². The normalized spacial score (nSPS) is 18.0. The lowest BCUT2D eigenvalue weighted by atomic mass is 9.68. The van der Waals surface area contributed by atoms with E-state index in [0.717, 1.165) is 28.7 Å². The minimum absolute atomic E-state index is 0.281. The van der Waals surface area contributed by atoms with Crippen LogP contribution < -0.4 is 5.19 Å². The molecule has 8 heteroatoms. The summed E-state index contributed by atoms with van der Waals surface area (Å²) in [7, 11) is -0.281. The van der Waals surface area contributed by atoms with Gasteiger partial charge in [0.1, 0.15) is 5.69 Å². The maximum atomic E-state index is 4.51. The molecular weight excluding hydrogens is 450 g/mol. The SMILES string of the molecule is C[SiH2]c1cc(-c2cn(Cc3ccc4cc(CN5CCC6(CCC6)C5)[nH]c4c3)nn2)c2cn[nH]c2c1. The van der Waals surface area contributed by atoms with Gasteiger partial charge in [0.25, 0.3) is 0 Å². The summed E-state index contributed by atoms with van der Waals surface area (Å²) >= 11 is 0. The number of aromatic amines is 2. The maximum absolute atomic E-state index is 4.51. The topological polar surface area (TPSA) is 78.4 Å². The zero-order valence-corrected chi connectivity index (χ0v) is 21.6. The maximum Gasteiger partial charge on any atom is 0.113 e. The van der Waals surface area contributed by atoms with Gasteiger partial charge in [0, 0.05) is 35.2 Å². The van der Waals surface area contributed by atoms with E-state index in [2.05, 4.69) is 79.5 Å². The molecule has 0 atom stereocenters. The first-order valence-corrected chi connectivity index (χ1v) is 15.0. The first-order chi connectivity index (χ1) is 17.2. The number of nitrogens with zero attached hydrogens (tertiary/aromatic N) is 5. The van der Waals surface area contributed by atoms with Crippen molar-refractivity contribution in [2.24, 2.45) is 5.41 Å². The third-order valence-corrected chi connectivity index (χ3v) is 9.48. The van der Waals surface area contributed by atoms with Crippen LogP contribution in [0.1, 0.15) is 36.9 Å². The van der Waals surface area contributed by atoms with Crippen molar-refractivity contribution in [1.29, 1.82) is 0 Å². The van der Waals surface area contributed by atoms with E-state index in [1.54, 1.807) is 0 Å². The second kappa shape index (κ2) is 8.17. The number of nitrogens with one attached hydrogen (secondary N) is 2. The number of aromatic nitrogens is 6. The van der Waals surface area contributed by atoms with E-state index in [1.165, 1.54) is 66.1 Å². The molecule has 1 saturated heterocycles. The smallest absolute Gasteiger partial charge is 0.113 e. The van der Waals surface area contributed by atoms with Gasteiger partial charge in [-0.3, -0.25) is 10.00 Å². The Morgan fingerprint density at radius 2 is 2.00 bits per heavy atom. The molecule has 0 unspecified atom stereocenters. The predicted octanol–water partition coefficient (Wildman–Crippen LogP) is 3.57. The van der Waals surface area contributed by atoms with Gasteiger partial charge in [-0.15, -0.1) is 5.10 Å². The van der Waals surface area contributed by atoms with E-state index < -0.39 is 0 Å². The van der Waals surface area contributed by atoms with Crippen LogP contribution in [-0.2, 0) is 13.1 Å². The van der Waals surface area contributed by atoms with Crippen LogP contribution in [0, 0.1) is 5.41 Å². The Labute approximate surface area is 206 Å². The molecule has 1 aliphatic heterocycles. The van der Waals surface area contributed by atoms with E-state index in [1.807, 2.05) is 10.9 Å². The Balaban J connectivity index is 1.10. The van der Waals surface area contributed by atoms with E-state index in [4.69, 9.17) is 0 Å². The summed E-state index contributed by atoms with van der Waals surface area (Å²) < 4.78 is 1.94. The van der Waals surface area contributed by atoms with Crippen LogP contribution in [0.5, 0.6) is 0 Å². The Bertz CT molecular complexity index is 1520. The Morgan fingerprint density at radius 3 is 2.83 bits per heavy atom. The van der Waals surface area contributed by atoms with Gasteiger partial charge in [-0.25, -0.2) is 4.68 Å². The van der Waals surface area contributed by atoms with E-state index in [-0.39, 0.29) is 9.52 Å². The fourth-order valence-electron chi connectivity index (χ4n) is 6.12. The molecule has 5 aromatic rings. The lowest BCUT2D eigenvalue weighted by Gasteiger charge is -2.38. The zero-order chi connectivity index (χ0) is 23.4. The van der Waals surface area contributed by atoms with Gasteiger partial charge >= 0.3 is 0 Å². The summed E-state index contributed by atoms with van der Waals surface area (Å²) in [6.45, 7) is 6.54. The van der Waals surface area contributed by atoms with Crippen molar-refractivity contribution in [2.75, 3.05) is 13.1 Å². The third-order valence-electron chi connectivity index (χ3n) is 8.25. The Hall–Kier alpha value is -3.23. The average Bonchev–Trinajstić information content (AvgIpc) is 3.63. The molecule has 0 bridgehead atoms. The minimum Gasteiger partial charge on any atom is -0.357 e. The largest absolute Gasteiger partial charge is 0.357 e. The summed E-state index contributed by atoms with van der Waals surface area (Å²) in [6, 6.07) is 13.5. The van der Waals surface area contributed by atoms with Crippen molar-refractivity contribution in [3.8, 4) is 11.3 Å². The van der Waals surface area contributed by atoms with Crippen LogP contribution >= 0.6 is 0 Å². The fraction of sp³-hybridized carbons (Fsp3) is 0.370. The molecule has 2 fully saturated rings. The summed E-state index contributed by atoms with van der Waals surface area (Å²) in [5.41, 5.74) is 7.49. The Kier molecular flexibility index (Phi) is 4.92. The quantitative estimate of drug-likeness (QED) is 0.364. The van der Waals surface area contributed by atoms with Crippen molar-refractivity contribution < 1.29 is 0 Å². The molecule has 1 saturated carbocycles. The van der Waals surface area contributed by atoms with Crippen molar-refractivity contribution in [3.05, 3.63) is 60.0 Å². The van der Waals surface area contributed by atoms with Crippen LogP contribution in [0.25, 0.3) is 33.1 Å². The molecule has 1 spiro atoms. The van der Waals surface area contributed by atoms with Crippen molar-refractivity contribution in [1.82, 2.24) is 35.1 Å². The monoisotopic (exact) mass is 481 g/mol. The number of likely N-dealkylation sites (tertiary alicyclic amines) is 1. The second-order valence-corrected chi connectivity index (χ2v) is 12.2. The van der Waals surface area contributed by atoms with E-state index >= 15 is 0 Å². The van der Waals surface area contributed by atoms with Crippen molar-refractivity contribution >= 4 is 36.5 Å². The molecule has 1 aliphatic carbocycles. The fourth-order valence-corrected chi connectivity index (χ4v) is 6.94. The number of hydrogen-bond donors (Lipinski definition) is 2. The van der Waals surface area contributed by atoms with Gasteiger partial charge in [0.2, 0.25) is 0 Å². The molecule has 7 rings (SSSR count). The lowest BCUT2D eigenvalue weighted by molar-refractivity contribution is 0.137. The number of hydrogen-bond acceptors (Lipinski definition) is 4. The molecule has 0 radical (unpaired) electrons. The van der Waals surface area contributed by atoms with Gasteiger partial charge in [-0.2, -0.15) is 5.10 Å². The van der Waals surface area contributed by atoms with E-state index in [9.17, 15) is 0 Å². The first kappa shape index (κ1) is 21.1. The highest BCUT2D eigenvalue weighted by molar-refractivity contribution is 6.52. The van der Waals surface area contributed by atoms with Gasteiger partial charge in [-0.05, 0) is 60.4 Å². The average molecular weight is 482 g/mol. The van der Waals surface area contributed by atoms with Crippen LogP contribution in [0.3, 0.4) is 0 Å². The number of rotatable bonds is 6. The summed E-state index contributed by atoms with van der Waals surface area (Å²) in [4.78, 5) is 6.31. The molecule has 7 nitrogen and oxygen atoms in total. The first-order valence-electron chi connectivity index (χ1n) is 12.9. The van der Waals surface area contributed by atoms with Gasteiger partial charge < -0.3 is 4.98 Å². The second-order valence-electron chi connectivity index (χ2n) is 10.7.